The molecular weight excluding hydrogens is 306 g/mol. The molecule has 3 rings (SSSR count). The number of carbonyl (C=O) groups is 2. The maximum Gasteiger partial charge on any atom is 0.409 e. The van der Waals surface area contributed by atoms with Crippen molar-refractivity contribution in [1.29, 1.82) is 0 Å². The van der Waals surface area contributed by atoms with Gasteiger partial charge in [-0.25, -0.2) is 4.79 Å². The van der Waals surface area contributed by atoms with E-state index < -0.39 is 0 Å². The first kappa shape index (κ1) is 16.4. The highest BCUT2D eigenvalue weighted by Crippen LogP contribution is 2.24. The minimum absolute atomic E-state index is 0.0238. The van der Waals surface area contributed by atoms with E-state index in [1.807, 2.05) is 36.1 Å². The van der Waals surface area contributed by atoms with Crippen molar-refractivity contribution in [3.05, 3.63) is 35.5 Å². The number of hydrogen-bond donors (Lipinski definition) is 1. The van der Waals surface area contributed by atoms with Crippen molar-refractivity contribution in [1.82, 2.24) is 14.8 Å². The van der Waals surface area contributed by atoms with Gasteiger partial charge < -0.3 is 19.5 Å². The van der Waals surface area contributed by atoms with E-state index in [1.165, 1.54) is 0 Å². The largest absolute Gasteiger partial charge is 0.450 e. The average molecular weight is 329 g/mol. The van der Waals surface area contributed by atoms with Crippen LogP contribution in [0.3, 0.4) is 0 Å². The Labute approximate surface area is 141 Å². The van der Waals surface area contributed by atoms with Gasteiger partial charge in [0.25, 0.3) is 5.91 Å². The van der Waals surface area contributed by atoms with Gasteiger partial charge in [-0.2, -0.15) is 0 Å². The summed E-state index contributed by atoms with van der Waals surface area (Å²) in [5.74, 6) is 0.0238. The Morgan fingerprint density at radius 3 is 2.62 bits per heavy atom. The highest BCUT2D eigenvalue weighted by molar-refractivity contribution is 6.08. The summed E-state index contributed by atoms with van der Waals surface area (Å²) in [5, 5.41) is 0.950. The van der Waals surface area contributed by atoms with E-state index in [-0.39, 0.29) is 12.0 Å². The Bertz CT molecular complexity index is 753. The molecule has 6 nitrogen and oxygen atoms in total. The number of carbonyl (C=O) groups excluding carboxylic acids is 2. The lowest BCUT2D eigenvalue weighted by Crippen LogP contribution is -2.37. The van der Waals surface area contributed by atoms with E-state index in [9.17, 15) is 9.59 Å². The molecule has 1 aromatic carbocycles. The number of nitrogens with one attached hydrogen (secondary N) is 1. The fourth-order valence-corrected chi connectivity index (χ4v) is 3.23. The van der Waals surface area contributed by atoms with Crippen LogP contribution in [0.4, 0.5) is 4.79 Å². The van der Waals surface area contributed by atoms with Crippen molar-refractivity contribution in [2.24, 2.45) is 0 Å². The van der Waals surface area contributed by atoms with E-state index >= 15 is 0 Å². The summed E-state index contributed by atoms with van der Waals surface area (Å²) in [4.78, 5) is 31.7. The van der Waals surface area contributed by atoms with Gasteiger partial charge in [0, 0.05) is 42.8 Å². The first-order valence-corrected chi connectivity index (χ1v) is 8.40. The van der Waals surface area contributed by atoms with Gasteiger partial charge in [0.2, 0.25) is 0 Å². The van der Waals surface area contributed by atoms with Crippen molar-refractivity contribution in [2.45, 2.75) is 20.3 Å². The predicted molar refractivity (Wildman–Crippen MR) is 92.2 cm³/mol. The van der Waals surface area contributed by atoms with Crippen molar-refractivity contribution in [3.8, 4) is 0 Å². The van der Waals surface area contributed by atoms with E-state index in [1.54, 1.807) is 11.8 Å². The molecule has 1 saturated heterocycles. The molecule has 0 saturated carbocycles. The summed E-state index contributed by atoms with van der Waals surface area (Å²) in [6.07, 6.45) is 0.460. The molecule has 1 aliphatic heterocycles. The molecule has 0 bridgehead atoms. The molecule has 0 aliphatic carbocycles. The average Bonchev–Trinajstić information content (AvgIpc) is 2.74. The summed E-state index contributed by atoms with van der Waals surface area (Å²) in [6.45, 7) is 6.39. The molecule has 0 spiro atoms. The van der Waals surface area contributed by atoms with Crippen molar-refractivity contribution >= 4 is 22.9 Å². The number of H-pyrrole nitrogens is 1. The molecule has 1 aliphatic rings. The van der Waals surface area contributed by atoms with Crippen LogP contribution in [0.15, 0.2) is 24.3 Å². The molecular formula is C18H23N3O3. The maximum atomic E-state index is 13.0. The Morgan fingerprint density at radius 2 is 1.83 bits per heavy atom. The second-order valence-corrected chi connectivity index (χ2v) is 6.00. The van der Waals surface area contributed by atoms with Crippen LogP contribution in [-0.4, -0.2) is 59.6 Å². The molecule has 1 fully saturated rings. The lowest BCUT2D eigenvalue weighted by molar-refractivity contribution is 0.0754. The molecule has 6 heteroatoms. The Morgan fingerprint density at radius 1 is 1.12 bits per heavy atom. The summed E-state index contributed by atoms with van der Waals surface area (Å²) >= 11 is 0. The Hall–Kier alpha value is -2.50. The monoisotopic (exact) mass is 329 g/mol. The molecule has 0 unspecified atom stereocenters. The molecule has 2 heterocycles. The smallest absolute Gasteiger partial charge is 0.409 e. The lowest BCUT2D eigenvalue weighted by atomic mass is 10.1. The van der Waals surface area contributed by atoms with E-state index in [0.29, 0.717) is 32.8 Å². The van der Waals surface area contributed by atoms with Gasteiger partial charge in [-0.3, -0.25) is 4.79 Å². The zero-order chi connectivity index (χ0) is 17.1. The maximum absolute atomic E-state index is 13.0. The van der Waals surface area contributed by atoms with Crippen LogP contribution < -0.4 is 0 Å². The van der Waals surface area contributed by atoms with Crippen LogP contribution in [0.25, 0.3) is 10.9 Å². The molecule has 0 atom stereocenters. The van der Waals surface area contributed by atoms with Crippen LogP contribution >= 0.6 is 0 Å². The first-order chi connectivity index (χ1) is 11.6. The molecule has 2 aromatic rings. The number of nitrogens with zero attached hydrogens (tertiary/aromatic N) is 2. The minimum atomic E-state index is -0.296. The molecule has 128 valence electrons. The molecule has 2 amide bonds. The Kier molecular flexibility index (Phi) is 4.74. The number of para-hydroxylation sites is 1. The summed E-state index contributed by atoms with van der Waals surface area (Å²) < 4.78 is 5.06. The van der Waals surface area contributed by atoms with Gasteiger partial charge in [-0.15, -0.1) is 0 Å². The Balaban J connectivity index is 1.78. The van der Waals surface area contributed by atoms with E-state index in [2.05, 4.69) is 4.98 Å². The number of aryl methyl sites for hydroxylation is 1. The topological polar surface area (TPSA) is 65.6 Å². The van der Waals surface area contributed by atoms with Crippen LogP contribution in [-0.2, 0) is 4.74 Å². The van der Waals surface area contributed by atoms with Gasteiger partial charge in [-0.1, -0.05) is 18.2 Å². The standard InChI is InChI=1S/C18H23N3O3/c1-3-24-18(23)21-10-6-9-20(11-12-21)17(22)16-13(2)19-15-8-5-4-7-14(15)16/h4-5,7-8,19H,3,6,9-12H2,1-2H3. The summed E-state index contributed by atoms with van der Waals surface area (Å²) in [5.41, 5.74) is 2.59. The third kappa shape index (κ3) is 3.09. The van der Waals surface area contributed by atoms with Crippen LogP contribution in [0, 0.1) is 6.92 Å². The predicted octanol–water partition coefficient (Wildman–Crippen LogP) is 2.78. The fourth-order valence-electron chi connectivity index (χ4n) is 3.23. The second kappa shape index (κ2) is 6.95. The summed E-state index contributed by atoms with van der Waals surface area (Å²) in [6, 6.07) is 7.84. The number of benzene rings is 1. The zero-order valence-electron chi connectivity index (χ0n) is 14.2. The number of amides is 2. The van der Waals surface area contributed by atoms with Crippen LogP contribution in [0.2, 0.25) is 0 Å². The van der Waals surface area contributed by atoms with Crippen molar-refractivity contribution in [3.63, 3.8) is 0 Å². The van der Waals surface area contributed by atoms with Gasteiger partial charge in [-0.05, 0) is 26.3 Å². The number of aromatic amines is 1. The van der Waals surface area contributed by atoms with Crippen LogP contribution in [0.5, 0.6) is 0 Å². The van der Waals surface area contributed by atoms with Crippen molar-refractivity contribution in [2.75, 3.05) is 32.8 Å². The fraction of sp³-hybridized carbons (Fsp3) is 0.444. The minimum Gasteiger partial charge on any atom is -0.450 e. The molecule has 1 aromatic heterocycles. The van der Waals surface area contributed by atoms with E-state index in [0.717, 1.165) is 28.6 Å². The highest BCUT2D eigenvalue weighted by atomic mass is 16.6. The van der Waals surface area contributed by atoms with Crippen molar-refractivity contribution < 1.29 is 14.3 Å². The van der Waals surface area contributed by atoms with Gasteiger partial charge in [0.15, 0.2) is 0 Å². The number of ether oxygens (including phenoxy) is 1. The zero-order valence-corrected chi connectivity index (χ0v) is 14.2. The highest BCUT2D eigenvalue weighted by Gasteiger charge is 2.26. The normalized spacial score (nSPS) is 15.4. The third-order valence-electron chi connectivity index (χ3n) is 4.42. The molecule has 0 radical (unpaired) electrons. The van der Waals surface area contributed by atoms with Gasteiger partial charge >= 0.3 is 6.09 Å². The van der Waals surface area contributed by atoms with E-state index in [4.69, 9.17) is 4.74 Å². The molecule has 24 heavy (non-hydrogen) atoms. The molecule has 1 N–H and O–H groups in total. The van der Waals surface area contributed by atoms with Crippen LogP contribution in [0.1, 0.15) is 29.4 Å². The SMILES string of the molecule is CCOC(=O)N1CCCN(C(=O)c2c(C)[nH]c3ccccc23)CC1. The quantitative estimate of drug-likeness (QED) is 0.921. The number of aromatic nitrogens is 1. The summed E-state index contributed by atoms with van der Waals surface area (Å²) in [7, 11) is 0. The third-order valence-corrected chi connectivity index (χ3v) is 4.42. The number of rotatable bonds is 2. The first-order valence-electron chi connectivity index (χ1n) is 8.40. The van der Waals surface area contributed by atoms with Gasteiger partial charge in [0.05, 0.1) is 12.2 Å². The number of fused-ring (bicyclic) bond motifs is 1. The second-order valence-electron chi connectivity index (χ2n) is 6.00. The van der Waals surface area contributed by atoms with Gasteiger partial charge in [0.1, 0.15) is 0 Å². The number of hydrogen-bond acceptors (Lipinski definition) is 3. The lowest BCUT2D eigenvalue weighted by Gasteiger charge is -2.22.